The number of fused-ring (bicyclic) bond motifs is 1. The second-order valence-electron chi connectivity index (χ2n) is 4.69. The van der Waals surface area contributed by atoms with Crippen molar-refractivity contribution in [1.29, 1.82) is 0 Å². The van der Waals surface area contributed by atoms with Crippen LogP contribution in [0, 0.1) is 0 Å². The number of phenolic OH excluding ortho intramolecular Hbond substituents is 1. The Morgan fingerprint density at radius 3 is 3.17 bits per heavy atom. The van der Waals surface area contributed by atoms with Gasteiger partial charge in [-0.05, 0) is 42.5 Å². The molecule has 18 heavy (non-hydrogen) atoms. The van der Waals surface area contributed by atoms with Crippen LogP contribution in [0.3, 0.4) is 0 Å². The molecule has 2 aromatic rings. The van der Waals surface area contributed by atoms with Gasteiger partial charge in [0.1, 0.15) is 11.5 Å². The standard InChI is InChI=1S/C14H16N2O2/c17-11-4-5-13-10(8-11)2-1-3-14(13)15-9-12-6-7-16-18-12/h4-8,14-15,17H,1-3,9H2. The van der Waals surface area contributed by atoms with E-state index in [2.05, 4.69) is 10.5 Å². The Morgan fingerprint density at radius 2 is 2.33 bits per heavy atom. The maximum absolute atomic E-state index is 9.51. The molecule has 0 bridgehead atoms. The molecule has 4 nitrogen and oxygen atoms in total. The van der Waals surface area contributed by atoms with E-state index >= 15 is 0 Å². The van der Waals surface area contributed by atoms with Crippen LogP contribution >= 0.6 is 0 Å². The zero-order chi connectivity index (χ0) is 12.4. The molecule has 0 saturated heterocycles. The molecule has 0 radical (unpaired) electrons. The van der Waals surface area contributed by atoms with Crippen LogP contribution in [-0.4, -0.2) is 10.3 Å². The molecule has 1 unspecified atom stereocenters. The molecule has 1 aromatic carbocycles. The zero-order valence-electron chi connectivity index (χ0n) is 10.1. The molecule has 0 fully saturated rings. The Morgan fingerprint density at radius 1 is 1.39 bits per heavy atom. The summed E-state index contributed by atoms with van der Waals surface area (Å²) in [6.45, 7) is 0.685. The van der Waals surface area contributed by atoms with E-state index < -0.39 is 0 Å². The number of aryl methyl sites for hydroxylation is 1. The van der Waals surface area contributed by atoms with E-state index in [1.54, 1.807) is 12.3 Å². The van der Waals surface area contributed by atoms with Crippen molar-refractivity contribution < 1.29 is 9.63 Å². The summed E-state index contributed by atoms with van der Waals surface area (Å²) in [6, 6.07) is 7.85. The average molecular weight is 244 g/mol. The molecule has 1 aromatic heterocycles. The number of aromatic hydroxyl groups is 1. The second kappa shape index (κ2) is 4.82. The van der Waals surface area contributed by atoms with Gasteiger partial charge in [-0.15, -0.1) is 0 Å². The quantitative estimate of drug-likeness (QED) is 0.871. The highest BCUT2D eigenvalue weighted by atomic mass is 16.5. The third-order valence-corrected chi connectivity index (χ3v) is 3.45. The first-order chi connectivity index (χ1) is 8.83. The monoisotopic (exact) mass is 244 g/mol. The number of rotatable bonds is 3. The molecular weight excluding hydrogens is 228 g/mol. The van der Waals surface area contributed by atoms with Gasteiger partial charge in [-0.25, -0.2) is 0 Å². The third-order valence-electron chi connectivity index (χ3n) is 3.45. The highest BCUT2D eigenvalue weighted by Crippen LogP contribution is 2.31. The first-order valence-electron chi connectivity index (χ1n) is 6.27. The van der Waals surface area contributed by atoms with Crippen molar-refractivity contribution in [3.05, 3.63) is 47.3 Å². The molecule has 0 amide bonds. The molecule has 2 N–H and O–H groups in total. The van der Waals surface area contributed by atoms with Gasteiger partial charge in [-0.1, -0.05) is 11.2 Å². The van der Waals surface area contributed by atoms with Crippen molar-refractivity contribution in [3.63, 3.8) is 0 Å². The van der Waals surface area contributed by atoms with Gasteiger partial charge in [-0.3, -0.25) is 0 Å². The van der Waals surface area contributed by atoms with Crippen molar-refractivity contribution in [2.24, 2.45) is 0 Å². The SMILES string of the molecule is Oc1ccc2c(c1)CCCC2NCc1ccno1. The molecule has 1 aliphatic carbocycles. The number of hydrogen-bond acceptors (Lipinski definition) is 4. The zero-order valence-corrected chi connectivity index (χ0v) is 10.1. The molecule has 1 heterocycles. The van der Waals surface area contributed by atoms with E-state index in [9.17, 15) is 5.11 Å². The number of hydrogen-bond donors (Lipinski definition) is 2. The van der Waals surface area contributed by atoms with Gasteiger partial charge in [0.25, 0.3) is 0 Å². The molecule has 94 valence electrons. The molecule has 1 atom stereocenters. The lowest BCUT2D eigenvalue weighted by Gasteiger charge is -2.26. The van der Waals surface area contributed by atoms with Gasteiger partial charge in [0.2, 0.25) is 0 Å². The summed E-state index contributed by atoms with van der Waals surface area (Å²) in [5, 5.41) is 16.7. The second-order valence-corrected chi connectivity index (χ2v) is 4.69. The summed E-state index contributed by atoms with van der Waals surface area (Å²) in [4.78, 5) is 0. The lowest BCUT2D eigenvalue weighted by molar-refractivity contribution is 0.355. The van der Waals surface area contributed by atoms with Crippen LogP contribution in [0.4, 0.5) is 0 Å². The van der Waals surface area contributed by atoms with E-state index in [0.717, 1.165) is 25.0 Å². The fourth-order valence-corrected chi connectivity index (χ4v) is 2.57. The van der Waals surface area contributed by atoms with Crippen molar-refractivity contribution in [3.8, 4) is 5.75 Å². The van der Waals surface area contributed by atoms with E-state index in [1.165, 1.54) is 11.1 Å². The normalized spacial score (nSPS) is 18.6. The van der Waals surface area contributed by atoms with Crippen LogP contribution in [-0.2, 0) is 13.0 Å². The number of nitrogens with zero attached hydrogens (tertiary/aromatic N) is 1. The van der Waals surface area contributed by atoms with Gasteiger partial charge in [0, 0.05) is 12.1 Å². The number of nitrogens with one attached hydrogen (secondary N) is 1. The van der Waals surface area contributed by atoms with Crippen LogP contribution in [0.25, 0.3) is 0 Å². The molecule has 1 aliphatic rings. The Balaban J connectivity index is 1.75. The smallest absolute Gasteiger partial charge is 0.150 e. The van der Waals surface area contributed by atoms with E-state index in [0.29, 0.717) is 18.3 Å². The number of phenols is 1. The third kappa shape index (κ3) is 2.24. The Hall–Kier alpha value is -1.81. The first kappa shape index (κ1) is 11.3. The lowest BCUT2D eigenvalue weighted by Crippen LogP contribution is -2.24. The topological polar surface area (TPSA) is 58.3 Å². The maximum Gasteiger partial charge on any atom is 0.150 e. The highest BCUT2D eigenvalue weighted by molar-refractivity contribution is 5.38. The Labute approximate surface area is 106 Å². The predicted octanol–water partition coefficient (Wildman–Crippen LogP) is 2.55. The Kier molecular flexibility index (Phi) is 3.02. The van der Waals surface area contributed by atoms with Crippen molar-refractivity contribution in [1.82, 2.24) is 10.5 Å². The number of benzene rings is 1. The highest BCUT2D eigenvalue weighted by Gasteiger charge is 2.20. The van der Waals surface area contributed by atoms with Gasteiger partial charge in [0.05, 0.1) is 12.7 Å². The largest absolute Gasteiger partial charge is 0.508 e. The van der Waals surface area contributed by atoms with E-state index in [1.807, 2.05) is 18.2 Å². The molecule has 0 aliphatic heterocycles. The summed E-state index contributed by atoms with van der Waals surface area (Å²) in [6.07, 6.45) is 4.96. The number of aromatic nitrogens is 1. The van der Waals surface area contributed by atoms with Crippen LogP contribution in [0.15, 0.2) is 35.0 Å². The van der Waals surface area contributed by atoms with Gasteiger partial charge in [0.15, 0.2) is 0 Å². The minimum Gasteiger partial charge on any atom is -0.508 e. The fraction of sp³-hybridized carbons (Fsp3) is 0.357. The minimum absolute atomic E-state index is 0.333. The summed E-state index contributed by atoms with van der Waals surface area (Å²) in [5.74, 6) is 1.20. The van der Waals surface area contributed by atoms with E-state index in [4.69, 9.17) is 4.52 Å². The van der Waals surface area contributed by atoms with Crippen molar-refractivity contribution >= 4 is 0 Å². The molecular formula is C14H16N2O2. The van der Waals surface area contributed by atoms with Crippen LogP contribution < -0.4 is 5.32 Å². The maximum atomic E-state index is 9.51. The van der Waals surface area contributed by atoms with Gasteiger partial charge < -0.3 is 14.9 Å². The van der Waals surface area contributed by atoms with Crippen LogP contribution in [0.5, 0.6) is 5.75 Å². The fourth-order valence-electron chi connectivity index (χ4n) is 2.57. The van der Waals surface area contributed by atoms with Crippen LogP contribution in [0.1, 0.15) is 35.8 Å². The summed E-state index contributed by atoms with van der Waals surface area (Å²) < 4.78 is 5.08. The molecule has 0 saturated carbocycles. The predicted molar refractivity (Wildman–Crippen MR) is 67.1 cm³/mol. The van der Waals surface area contributed by atoms with Gasteiger partial charge >= 0.3 is 0 Å². The Bertz CT molecular complexity index is 523. The molecule has 0 spiro atoms. The lowest BCUT2D eigenvalue weighted by atomic mass is 9.87. The summed E-state index contributed by atoms with van der Waals surface area (Å²) in [7, 11) is 0. The minimum atomic E-state index is 0.333. The first-order valence-corrected chi connectivity index (χ1v) is 6.27. The molecule has 3 rings (SSSR count). The van der Waals surface area contributed by atoms with Crippen molar-refractivity contribution in [2.75, 3.05) is 0 Å². The molecule has 4 heteroatoms. The van der Waals surface area contributed by atoms with E-state index in [-0.39, 0.29) is 0 Å². The summed E-state index contributed by atoms with van der Waals surface area (Å²) >= 11 is 0. The van der Waals surface area contributed by atoms with Crippen LogP contribution in [0.2, 0.25) is 0 Å². The van der Waals surface area contributed by atoms with Crippen molar-refractivity contribution in [2.45, 2.75) is 31.8 Å². The average Bonchev–Trinajstić information content (AvgIpc) is 2.89. The van der Waals surface area contributed by atoms with Gasteiger partial charge in [-0.2, -0.15) is 0 Å². The summed E-state index contributed by atoms with van der Waals surface area (Å²) in [5.41, 5.74) is 2.54.